The minimum atomic E-state index is 0.217. The van der Waals surface area contributed by atoms with Crippen LogP contribution in [-0.4, -0.2) is 77.4 Å². The van der Waals surface area contributed by atoms with Crippen molar-refractivity contribution >= 4 is 11.9 Å². The Bertz CT molecular complexity index is 1070. The Morgan fingerprint density at radius 3 is 2.39 bits per heavy atom. The summed E-state index contributed by atoms with van der Waals surface area (Å²) in [4.78, 5) is 22.1. The predicted molar refractivity (Wildman–Crippen MR) is 123 cm³/mol. The molecule has 0 atom stereocenters. The molecule has 0 aliphatic carbocycles. The summed E-state index contributed by atoms with van der Waals surface area (Å²) in [5.41, 5.74) is 8.25. The predicted octanol–water partition coefficient (Wildman–Crippen LogP) is 1.98. The van der Waals surface area contributed by atoms with Gasteiger partial charge in [-0.2, -0.15) is 4.98 Å². The molecule has 0 amide bonds. The summed E-state index contributed by atoms with van der Waals surface area (Å²) in [6.45, 7) is 7.00. The zero-order valence-corrected chi connectivity index (χ0v) is 18.4. The second-order valence-corrected chi connectivity index (χ2v) is 7.96. The quantitative estimate of drug-likeness (QED) is 0.599. The van der Waals surface area contributed by atoms with E-state index in [1.165, 1.54) is 5.56 Å². The van der Waals surface area contributed by atoms with Crippen molar-refractivity contribution < 1.29 is 14.2 Å². The maximum absolute atomic E-state index is 6.21. The first-order valence-electron chi connectivity index (χ1n) is 11.1. The third-order valence-electron chi connectivity index (χ3n) is 5.58. The van der Waals surface area contributed by atoms with Crippen molar-refractivity contribution in [3.8, 4) is 22.9 Å². The highest BCUT2D eigenvalue weighted by Crippen LogP contribution is 2.28. The van der Waals surface area contributed by atoms with Gasteiger partial charge in [0.05, 0.1) is 32.1 Å². The zero-order valence-electron chi connectivity index (χ0n) is 18.4. The monoisotopic (exact) mass is 449 g/mol. The summed E-state index contributed by atoms with van der Waals surface area (Å²) >= 11 is 0. The van der Waals surface area contributed by atoms with E-state index in [-0.39, 0.29) is 5.95 Å². The van der Waals surface area contributed by atoms with Gasteiger partial charge in [0.2, 0.25) is 17.8 Å². The first-order chi connectivity index (χ1) is 16.2. The molecular weight excluding hydrogens is 422 g/mol. The van der Waals surface area contributed by atoms with E-state index in [0.29, 0.717) is 30.7 Å². The normalized spacial score (nSPS) is 17.2. The molecule has 2 aromatic heterocycles. The number of nitrogens with two attached hydrogens (primary N) is 1. The smallest absolute Gasteiger partial charge is 0.229 e. The van der Waals surface area contributed by atoms with E-state index < -0.39 is 0 Å². The number of benzene rings is 1. The van der Waals surface area contributed by atoms with Crippen LogP contribution in [0.3, 0.4) is 0 Å². The van der Waals surface area contributed by atoms with E-state index in [4.69, 9.17) is 24.9 Å². The topological polar surface area (TPSA) is 112 Å². The number of hydrogen-bond acceptors (Lipinski definition) is 10. The van der Waals surface area contributed by atoms with E-state index in [1.54, 1.807) is 18.5 Å². The lowest BCUT2D eigenvalue weighted by molar-refractivity contribution is 0.0342. The lowest BCUT2D eigenvalue weighted by Gasteiger charge is -2.27. The molecule has 2 fully saturated rings. The first kappa shape index (κ1) is 21.5. The van der Waals surface area contributed by atoms with Crippen molar-refractivity contribution in [1.29, 1.82) is 0 Å². The molecule has 0 unspecified atom stereocenters. The Labute approximate surface area is 192 Å². The molecule has 2 saturated heterocycles. The van der Waals surface area contributed by atoms with Crippen molar-refractivity contribution in [3.05, 3.63) is 48.3 Å². The lowest BCUT2D eigenvalue weighted by Crippen LogP contribution is -2.37. The van der Waals surface area contributed by atoms with Crippen LogP contribution < -0.4 is 15.4 Å². The van der Waals surface area contributed by atoms with Gasteiger partial charge in [-0.3, -0.25) is 4.90 Å². The van der Waals surface area contributed by atoms with Crippen LogP contribution in [0.25, 0.3) is 11.3 Å². The van der Waals surface area contributed by atoms with Gasteiger partial charge in [0.1, 0.15) is 5.75 Å². The largest absolute Gasteiger partial charge is 0.439 e. The molecule has 10 heteroatoms. The van der Waals surface area contributed by atoms with E-state index in [9.17, 15) is 0 Å². The molecule has 1 aromatic carbocycles. The van der Waals surface area contributed by atoms with Gasteiger partial charge in [-0.15, -0.1) is 0 Å². The number of rotatable bonds is 6. The number of morpholine rings is 2. The zero-order chi connectivity index (χ0) is 22.5. The van der Waals surface area contributed by atoms with Gasteiger partial charge >= 0.3 is 0 Å². The van der Waals surface area contributed by atoms with Crippen molar-refractivity contribution in [3.63, 3.8) is 0 Å². The van der Waals surface area contributed by atoms with Gasteiger partial charge in [0, 0.05) is 56.7 Å². The van der Waals surface area contributed by atoms with E-state index in [1.807, 2.05) is 12.1 Å². The van der Waals surface area contributed by atoms with Crippen molar-refractivity contribution in [2.24, 2.45) is 0 Å². The van der Waals surface area contributed by atoms with Gasteiger partial charge in [-0.1, -0.05) is 12.1 Å². The molecular formula is C23H27N7O3. The van der Waals surface area contributed by atoms with Crippen molar-refractivity contribution in [2.75, 3.05) is 63.2 Å². The Kier molecular flexibility index (Phi) is 6.56. The Hall–Kier alpha value is -3.34. The molecule has 10 nitrogen and oxygen atoms in total. The minimum absolute atomic E-state index is 0.217. The summed E-state index contributed by atoms with van der Waals surface area (Å²) in [7, 11) is 0. The second-order valence-electron chi connectivity index (χ2n) is 7.96. The molecule has 0 radical (unpaired) electrons. The Morgan fingerprint density at radius 1 is 0.909 bits per heavy atom. The number of ether oxygens (including phenoxy) is 3. The minimum Gasteiger partial charge on any atom is -0.439 e. The van der Waals surface area contributed by atoms with Gasteiger partial charge < -0.3 is 24.8 Å². The van der Waals surface area contributed by atoms with Crippen LogP contribution in [0.2, 0.25) is 0 Å². The molecule has 2 aliphatic heterocycles. The summed E-state index contributed by atoms with van der Waals surface area (Å²) in [5.74, 6) is 2.00. The summed E-state index contributed by atoms with van der Waals surface area (Å²) in [6, 6.07) is 9.90. The molecule has 2 aliphatic rings. The van der Waals surface area contributed by atoms with Crippen LogP contribution in [0, 0.1) is 0 Å². The SMILES string of the molecule is Nc1ncc(-c2cc(Oc3cccc(CN4CCOCC4)c3)nc(N3CCOCC3)n2)cn1. The van der Waals surface area contributed by atoms with Crippen LogP contribution in [0.15, 0.2) is 42.7 Å². The van der Waals surface area contributed by atoms with Gasteiger partial charge in [0.15, 0.2) is 0 Å². The summed E-state index contributed by atoms with van der Waals surface area (Å²) in [5, 5.41) is 0. The fourth-order valence-electron chi connectivity index (χ4n) is 3.83. The lowest BCUT2D eigenvalue weighted by atomic mass is 10.2. The molecule has 3 aromatic rings. The molecule has 172 valence electrons. The first-order valence-corrected chi connectivity index (χ1v) is 11.1. The van der Waals surface area contributed by atoms with E-state index in [0.717, 1.165) is 57.3 Å². The van der Waals surface area contributed by atoms with Crippen LogP contribution in [0.4, 0.5) is 11.9 Å². The van der Waals surface area contributed by atoms with Gasteiger partial charge in [0.25, 0.3) is 0 Å². The molecule has 33 heavy (non-hydrogen) atoms. The second kappa shape index (κ2) is 10.1. The fourth-order valence-corrected chi connectivity index (χ4v) is 3.83. The highest BCUT2D eigenvalue weighted by Gasteiger charge is 2.18. The highest BCUT2D eigenvalue weighted by atomic mass is 16.5. The van der Waals surface area contributed by atoms with Gasteiger partial charge in [-0.05, 0) is 17.7 Å². The average Bonchev–Trinajstić information content (AvgIpc) is 2.86. The fraction of sp³-hybridized carbons (Fsp3) is 0.391. The third-order valence-corrected chi connectivity index (χ3v) is 5.58. The average molecular weight is 450 g/mol. The van der Waals surface area contributed by atoms with Crippen LogP contribution >= 0.6 is 0 Å². The molecule has 0 spiro atoms. The molecule has 0 saturated carbocycles. The number of aromatic nitrogens is 4. The summed E-state index contributed by atoms with van der Waals surface area (Å²) in [6.07, 6.45) is 3.31. The van der Waals surface area contributed by atoms with Crippen LogP contribution in [0.1, 0.15) is 5.56 Å². The standard InChI is InChI=1S/C23H27N7O3/c24-22-25-14-18(15-26-22)20-13-21(28-23(27-20)30-6-10-32-11-7-30)33-19-3-1-2-17(12-19)16-29-4-8-31-9-5-29/h1-3,12-15H,4-11,16H2,(H2,24,25,26). The van der Waals surface area contributed by atoms with E-state index in [2.05, 4.69) is 36.9 Å². The maximum atomic E-state index is 6.21. The number of nitrogens with zero attached hydrogens (tertiary/aromatic N) is 6. The van der Waals surface area contributed by atoms with Crippen LogP contribution in [-0.2, 0) is 16.0 Å². The Balaban J connectivity index is 1.41. The van der Waals surface area contributed by atoms with Crippen LogP contribution in [0.5, 0.6) is 11.6 Å². The van der Waals surface area contributed by atoms with E-state index >= 15 is 0 Å². The number of hydrogen-bond donors (Lipinski definition) is 1. The molecule has 2 N–H and O–H groups in total. The third kappa shape index (κ3) is 5.54. The number of anilines is 2. The van der Waals surface area contributed by atoms with Crippen molar-refractivity contribution in [2.45, 2.75) is 6.54 Å². The molecule has 4 heterocycles. The summed E-state index contributed by atoms with van der Waals surface area (Å²) < 4.78 is 17.1. The highest BCUT2D eigenvalue weighted by molar-refractivity contribution is 5.60. The van der Waals surface area contributed by atoms with Gasteiger partial charge in [-0.25, -0.2) is 15.0 Å². The maximum Gasteiger partial charge on any atom is 0.229 e. The van der Waals surface area contributed by atoms with Crippen molar-refractivity contribution in [1.82, 2.24) is 24.8 Å². The Morgan fingerprint density at radius 2 is 1.64 bits per heavy atom. The molecule has 5 rings (SSSR count). The molecule has 0 bridgehead atoms. The number of nitrogen functional groups attached to an aromatic ring is 1.